The molecule has 1 aliphatic rings. The minimum Gasteiger partial charge on any atom is -0.497 e. The van der Waals surface area contributed by atoms with Crippen molar-refractivity contribution in [2.24, 2.45) is 0 Å². The van der Waals surface area contributed by atoms with Gasteiger partial charge in [-0.2, -0.15) is 0 Å². The van der Waals surface area contributed by atoms with Crippen LogP contribution in [0.3, 0.4) is 0 Å². The van der Waals surface area contributed by atoms with E-state index in [1.807, 2.05) is 6.07 Å². The fourth-order valence-corrected chi connectivity index (χ4v) is 6.11. The largest absolute Gasteiger partial charge is 0.497 e. The van der Waals surface area contributed by atoms with Gasteiger partial charge in [0.2, 0.25) is 11.7 Å². The number of amides is 5. The van der Waals surface area contributed by atoms with E-state index in [1.165, 1.54) is 62.9 Å². The summed E-state index contributed by atoms with van der Waals surface area (Å²) in [6.07, 6.45) is 2.59. The Bertz CT molecular complexity index is 1870. The molecule has 11 nitrogen and oxygen atoms in total. The van der Waals surface area contributed by atoms with Gasteiger partial charge in [-0.15, -0.1) is 0 Å². The molecule has 1 saturated heterocycles. The van der Waals surface area contributed by atoms with E-state index in [0.717, 1.165) is 24.2 Å². The lowest BCUT2D eigenvalue weighted by molar-refractivity contribution is -0.136. The lowest BCUT2D eigenvalue weighted by Crippen LogP contribution is -2.61. The van der Waals surface area contributed by atoms with Gasteiger partial charge in [0.1, 0.15) is 17.0 Å². The van der Waals surface area contributed by atoms with Gasteiger partial charge in [0.05, 0.1) is 13.7 Å². The molecule has 4 rings (SSSR count). The Morgan fingerprint density at radius 2 is 1.49 bits per heavy atom. The van der Waals surface area contributed by atoms with E-state index < -0.39 is 34.2 Å². The number of nitrogens with one attached hydrogen (secondary N) is 3. The Morgan fingerprint density at radius 1 is 0.868 bits per heavy atom. The normalized spacial score (nSPS) is 15.3. The minimum atomic E-state index is -2.79. The van der Waals surface area contributed by atoms with Crippen molar-refractivity contribution in [1.29, 1.82) is 0 Å². The second-order valence-corrected chi connectivity index (χ2v) is 15.6. The monoisotopic (exact) mass is 746 g/mol. The second-order valence-electron chi connectivity index (χ2n) is 15.1. The molecule has 0 aliphatic carbocycles. The SMILES string of the molecule is CCC(C)(C)c1ccc(OCCCC(=O)Nc2cccc(NC(=O)C(Cl)(C(=O)c3ccc(OC)cc3)N3C(=O)NC(C)(C)C3=O)c2)c(C(C)(C)CC)c1. The Hall–Kier alpha value is -4.90. The van der Waals surface area contributed by atoms with Crippen molar-refractivity contribution in [3.05, 3.63) is 83.4 Å². The molecule has 284 valence electrons. The summed E-state index contributed by atoms with van der Waals surface area (Å²) in [5, 5.41) is 7.85. The molecule has 3 aromatic carbocycles. The Labute approximate surface area is 317 Å². The van der Waals surface area contributed by atoms with Crippen molar-refractivity contribution in [3.8, 4) is 11.5 Å². The molecule has 3 N–H and O–H groups in total. The molecule has 0 radical (unpaired) electrons. The number of rotatable bonds is 16. The zero-order chi connectivity index (χ0) is 39.4. The summed E-state index contributed by atoms with van der Waals surface area (Å²) < 4.78 is 11.4. The number of urea groups is 1. The van der Waals surface area contributed by atoms with Crippen LogP contribution in [0.1, 0.15) is 103 Å². The maximum Gasteiger partial charge on any atom is 0.327 e. The van der Waals surface area contributed by atoms with Crippen molar-refractivity contribution in [2.45, 2.75) is 102 Å². The van der Waals surface area contributed by atoms with Crippen LogP contribution < -0.4 is 25.4 Å². The Kier molecular flexibility index (Phi) is 12.3. The average Bonchev–Trinajstić information content (AvgIpc) is 3.34. The molecule has 5 amide bonds. The molecule has 12 heteroatoms. The lowest BCUT2D eigenvalue weighted by atomic mass is 9.76. The van der Waals surface area contributed by atoms with Crippen LogP contribution in [0.15, 0.2) is 66.7 Å². The first-order chi connectivity index (χ1) is 24.8. The van der Waals surface area contributed by atoms with E-state index in [1.54, 1.807) is 12.1 Å². The molecule has 0 saturated carbocycles. The van der Waals surface area contributed by atoms with Gasteiger partial charge in [-0.25, -0.2) is 9.69 Å². The summed E-state index contributed by atoms with van der Waals surface area (Å²) in [5.74, 6) is -2.01. The molecule has 1 atom stereocenters. The topological polar surface area (TPSA) is 143 Å². The first kappa shape index (κ1) is 40.9. The molecule has 1 heterocycles. The highest BCUT2D eigenvalue weighted by atomic mass is 35.5. The molecule has 53 heavy (non-hydrogen) atoms. The van der Waals surface area contributed by atoms with Gasteiger partial charge in [-0.3, -0.25) is 19.2 Å². The van der Waals surface area contributed by atoms with Crippen LogP contribution in [0.25, 0.3) is 0 Å². The summed E-state index contributed by atoms with van der Waals surface area (Å²) in [5.41, 5.74) is 1.44. The molecular formula is C41H51ClN4O7. The first-order valence-corrected chi connectivity index (χ1v) is 18.2. The number of halogens is 1. The number of methoxy groups -OCH3 is 1. The summed E-state index contributed by atoms with van der Waals surface area (Å²) in [6.45, 7) is 16.4. The van der Waals surface area contributed by atoms with Crippen molar-refractivity contribution < 1.29 is 33.4 Å². The van der Waals surface area contributed by atoms with E-state index in [4.69, 9.17) is 21.1 Å². The summed E-state index contributed by atoms with van der Waals surface area (Å²) in [4.78, 5) is 64.8. The number of hydrogen-bond acceptors (Lipinski definition) is 7. The quantitative estimate of drug-likeness (QED) is 0.0337. The second kappa shape index (κ2) is 16.0. The van der Waals surface area contributed by atoms with Crippen molar-refractivity contribution >= 4 is 52.5 Å². The summed E-state index contributed by atoms with van der Waals surface area (Å²) in [7, 11) is 1.45. The number of nitrogens with zero attached hydrogens (tertiary/aromatic N) is 1. The zero-order valence-corrected chi connectivity index (χ0v) is 32.8. The minimum absolute atomic E-state index is 0.0333. The van der Waals surface area contributed by atoms with Crippen LogP contribution in [0.4, 0.5) is 16.2 Å². The van der Waals surface area contributed by atoms with Crippen LogP contribution in [0.2, 0.25) is 0 Å². The number of alkyl halides is 1. The van der Waals surface area contributed by atoms with Crippen molar-refractivity contribution in [1.82, 2.24) is 10.2 Å². The van der Waals surface area contributed by atoms with Crippen molar-refractivity contribution in [2.75, 3.05) is 24.4 Å². The average molecular weight is 747 g/mol. The molecule has 1 fully saturated rings. The number of benzene rings is 3. The van der Waals surface area contributed by atoms with Crippen LogP contribution in [-0.2, 0) is 25.2 Å². The fourth-order valence-electron chi connectivity index (χ4n) is 5.80. The molecule has 3 aromatic rings. The predicted molar refractivity (Wildman–Crippen MR) is 207 cm³/mol. The maximum atomic E-state index is 13.9. The highest BCUT2D eigenvalue weighted by molar-refractivity contribution is 6.51. The zero-order valence-electron chi connectivity index (χ0n) is 32.1. The van der Waals surface area contributed by atoms with E-state index in [2.05, 4.69) is 69.6 Å². The van der Waals surface area contributed by atoms with Gasteiger partial charge in [0.25, 0.3) is 16.8 Å². The maximum absolute atomic E-state index is 13.9. The fraction of sp³-hybridized carbons (Fsp3) is 0.439. The van der Waals surface area contributed by atoms with Gasteiger partial charge in [-0.05, 0) is 98.0 Å². The van der Waals surface area contributed by atoms with Crippen LogP contribution in [-0.4, -0.2) is 58.7 Å². The molecule has 1 aliphatic heterocycles. The van der Waals surface area contributed by atoms with Gasteiger partial charge >= 0.3 is 6.03 Å². The van der Waals surface area contributed by atoms with Gasteiger partial charge in [0, 0.05) is 28.9 Å². The van der Waals surface area contributed by atoms with Gasteiger partial charge < -0.3 is 25.4 Å². The molecule has 1 unspecified atom stereocenters. The van der Waals surface area contributed by atoms with Crippen LogP contribution in [0.5, 0.6) is 11.5 Å². The third-order valence-electron chi connectivity index (χ3n) is 10.1. The van der Waals surface area contributed by atoms with Crippen molar-refractivity contribution in [3.63, 3.8) is 0 Å². The number of anilines is 2. The molecule has 0 aromatic heterocycles. The lowest BCUT2D eigenvalue weighted by Gasteiger charge is -2.32. The van der Waals surface area contributed by atoms with E-state index in [0.29, 0.717) is 29.4 Å². The summed E-state index contributed by atoms with van der Waals surface area (Å²) in [6, 6.07) is 17.4. The molecule has 0 bridgehead atoms. The number of hydrogen-bond donors (Lipinski definition) is 3. The number of imide groups is 1. The summed E-state index contributed by atoms with van der Waals surface area (Å²) >= 11 is 6.81. The number of Topliss-reactive ketones (excluding diaryl/α,β-unsaturated/α-hetero) is 1. The van der Waals surface area contributed by atoms with Crippen LogP contribution >= 0.6 is 11.6 Å². The number of ketones is 1. The predicted octanol–water partition coefficient (Wildman–Crippen LogP) is 7.96. The standard InChI is InChI=1S/C41H51ClN4O7/c1-10-38(3,4)27-19-22-32(31(24-27)39(5,6)11-2)53-23-13-16-33(47)43-28-14-12-15-29(25-28)44-35(49)41(42,46-36(50)40(7,8)45-37(46)51)34(48)26-17-20-30(52-9)21-18-26/h12,14-15,17-22,24-25H,10-11,13,16,23H2,1-9H3,(H,43,47)(H,44,49)(H,45,51). The third-order valence-corrected chi connectivity index (χ3v) is 10.6. The van der Waals surface area contributed by atoms with E-state index in [-0.39, 0.29) is 34.4 Å². The first-order valence-electron chi connectivity index (χ1n) is 17.8. The smallest absolute Gasteiger partial charge is 0.327 e. The molecular weight excluding hydrogens is 696 g/mol. The highest BCUT2D eigenvalue weighted by Crippen LogP contribution is 2.39. The number of carbonyl (C=O) groups excluding carboxylic acids is 5. The number of carbonyl (C=O) groups is 5. The Morgan fingerprint density at radius 3 is 2.06 bits per heavy atom. The van der Waals surface area contributed by atoms with Gasteiger partial charge in [0.15, 0.2) is 0 Å². The van der Waals surface area contributed by atoms with Gasteiger partial charge in [-0.1, -0.05) is 71.3 Å². The van der Waals surface area contributed by atoms with E-state index in [9.17, 15) is 24.0 Å². The molecule has 0 spiro atoms. The Balaban J connectivity index is 1.45. The van der Waals surface area contributed by atoms with E-state index >= 15 is 0 Å². The van der Waals surface area contributed by atoms with Crippen LogP contribution in [0, 0.1) is 0 Å². The third kappa shape index (κ3) is 8.84. The highest BCUT2D eigenvalue weighted by Gasteiger charge is 2.61. The number of ether oxygens (including phenoxy) is 2.